The molecule has 3 aromatic carbocycles. The van der Waals surface area contributed by atoms with Gasteiger partial charge in [0.15, 0.2) is 0 Å². The molecule has 0 atom stereocenters. The van der Waals surface area contributed by atoms with Crippen molar-refractivity contribution in [3.8, 4) is 22.3 Å². The van der Waals surface area contributed by atoms with E-state index in [9.17, 15) is 0 Å². The first-order valence-electron chi connectivity index (χ1n) is 9.25. The Morgan fingerprint density at radius 2 is 1.44 bits per heavy atom. The molecule has 1 aliphatic rings. The van der Waals surface area contributed by atoms with Gasteiger partial charge >= 0.3 is 0 Å². The van der Waals surface area contributed by atoms with E-state index in [0.717, 1.165) is 11.4 Å². The van der Waals surface area contributed by atoms with E-state index in [0.29, 0.717) is 0 Å². The van der Waals surface area contributed by atoms with Crippen molar-refractivity contribution in [3.05, 3.63) is 82.4 Å². The van der Waals surface area contributed by atoms with Crippen LogP contribution in [0.3, 0.4) is 0 Å². The second-order valence-corrected chi connectivity index (χ2v) is 7.44. The Kier molecular flexibility index (Phi) is 4.63. The maximum atomic E-state index is 6.01. The summed E-state index contributed by atoms with van der Waals surface area (Å²) >= 11 is 6.01. The summed E-state index contributed by atoms with van der Waals surface area (Å²) in [5.41, 5.74) is 9.71. The lowest BCUT2D eigenvalue weighted by atomic mass is 9.98. The minimum atomic E-state index is 0.785. The molecule has 126 valence electrons. The number of unbranched alkanes of at least 4 members (excludes halogenated alkanes) is 2. The lowest BCUT2D eigenvalue weighted by molar-refractivity contribution is 0.717. The zero-order chi connectivity index (χ0) is 17.2. The molecule has 0 fully saturated rings. The van der Waals surface area contributed by atoms with Crippen LogP contribution in [0.2, 0.25) is 5.02 Å². The van der Waals surface area contributed by atoms with Crippen LogP contribution in [-0.4, -0.2) is 0 Å². The first kappa shape index (κ1) is 16.4. The molecule has 0 nitrogen and oxygen atoms in total. The second kappa shape index (κ2) is 7.06. The number of rotatable bonds is 5. The summed E-state index contributed by atoms with van der Waals surface area (Å²) in [6.45, 7) is 2.26. The van der Waals surface area contributed by atoms with E-state index in [2.05, 4.69) is 55.5 Å². The van der Waals surface area contributed by atoms with Gasteiger partial charge in [-0.15, -0.1) is 0 Å². The Morgan fingerprint density at radius 1 is 0.760 bits per heavy atom. The van der Waals surface area contributed by atoms with Crippen LogP contribution in [0.4, 0.5) is 0 Å². The van der Waals surface area contributed by atoms with Crippen LogP contribution in [0.25, 0.3) is 22.3 Å². The predicted molar refractivity (Wildman–Crippen MR) is 108 cm³/mol. The SMILES string of the molecule is CCCCCc1ccc2c(c1)Cc1cc(-c3ccc(Cl)cc3)ccc1-2. The monoisotopic (exact) mass is 346 g/mol. The second-order valence-electron chi connectivity index (χ2n) is 7.00. The maximum absolute atomic E-state index is 6.01. The molecule has 0 saturated carbocycles. The molecule has 1 heteroatoms. The summed E-state index contributed by atoms with van der Waals surface area (Å²) < 4.78 is 0. The van der Waals surface area contributed by atoms with Crippen molar-refractivity contribution in [1.82, 2.24) is 0 Å². The van der Waals surface area contributed by atoms with Gasteiger partial charge in [0, 0.05) is 5.02 Å². The fourth-order valence-electron chi connectivity index (χ4n) is 3.82. The van der Waals surface area contributed by atoms with Gasteiger partial charge in [0.25, 0.3) is 0 Å². The molecule has 0 unspecified atom stereocenters. The Morgan fingerprint density at radius 3 is 2.20 bits per heavy atom. The Hall–Kier alpha value is -2.05. The van der Waals surface area contributed by atoms with E-state index in [1.165, 1.54) is 64.6 Å². The van der Waals surface area contributed by atoms with Gasteiger partial charge in [-0.05, 0) is 70.3 Å². The highest BCUT2D eigenvalue weighted by Crippen LogP contribution is 2.39. The molecule has 3 aromatic rings. The van der Waals surface area contributed by atoms with E-state index in [4.69, 9.17) is 11.6 Å². The van der Waals surface area contributed by atoms with Crippen LogP contribution in [0.15, 0.2) is 60.7 Å². The third-order valence-corrected chi connectivity index (χ3v) is 5.44. The molecule has 0 heterocycles. The Balaban J connectivity index is 1.60. The van der Waals surface area contributed by atoms with Crippen LogP contribution < -0.4 is 0 Å². The van der Waals surface area contributed by atoms with Crippen LogP contribution in [0.5, 0.6) is 0 Å². The maximum Gasteiger partial charge on any atom is 0.0406 e. The molecule has 0 N–H and O–H groups in total. The minimum Gasteiger partial charge on any atom is -0.0843 e. The molecular weight excluding hydrogens is 324 g/mol. The van der Waals surface area contributed by atoms with Crippen molar-refractivity contribution in [3.63, 3.8) is 0 Å². The highest BCUT2D eigenvalue weighted by molar-refractivity contribution is 6.30. The molecule has 1 aliphatic carbocycles. The van der Waals surface area contributed by atoms with Gasteiger partial charge < -0.3 is 0 Å². The highest BCUT2D eigenvalue weighted by atomic mass is 35.5. The average Bonchev–Trinajstić information content (AvgIpc) is 2.99. The predicted octanol–water partition coefficient (Wildman–Crippen LogP) is 7.31. The number of hydrogen-bond acceptors (Lipinski definition) is 0. The fraction of sp³-hybridized carbons (Fsp3) is 0.250. The summed E-state index contributed by atoms with van der Waals surface area (Å²) in [7, 11) is 0. The molecule has 0 bridgehead atoms. The van der Waals surface area contributed by atoms with Crippen LogP contribution in [0, 0.1) is 0 Å². The average molecular weight is 347 g/mol. The van der Waals surface area contributed by atoms with Crippen molar-refractivity contribution < 1.29 is 0 Å². The Bertz CT molecular complexity index is 890. The third kappa shape index (κ3) is 3.37. The summed E-state index contributed by atoms with van der Waals surface area (Å²) in [4.78, 5) is 0. The van der Waals surface area contributed by atoms with Crippen molar-refractivity contribution in [2.24, 2.45) is 0 Å². The highest BCUT2D eigenvalue weighted by Gasteiger charge is 2.19. The number of aryl methyl sites for hydroxylation is 1. The summed E-state index contributed by atoms with van der Waals surface area (Å²) in [5.74, 6) is 0. The molecule has 0 aliphatic heterocycles. The van der Waals surface area contributed by atoms with Gasteiger partial charge in [-0.25, -0.2) is 0 Å². The molecule has 4 rings (SSSR count). The number of hydrogen-bond donors (Lipinski definition) is 0. The van der Waals surface area contributed by atoms with Crippen LogP contribution in [-0.2, 0) is 12.8 Å². The molecule has 0 saturated heterocycles. The standard InChI is InChI=1S/C24H23Cl/c1-2-3-4-5-17-6-12-23-20(14-17)16-21-15-19(9-13-24(21)23)18-7-10-22(25)11-8-18/h6-15H,2-5,16H2,1H3. The van der Waals surface area contributed by atoms with Gasteiger partial charge in [-0.3, -0.25) is 0 Å². The molecule has 0 radical (unpaired) electrons. The van der Waals surface area contributed by atoms with E-state index >= 15 is 0 Å². The molecule has 0 aromatic heterocycles. The summed E-state index contributed by atoms with van der Waals surface area (Å²) in [6.07, 6.45) is 6.15. The van der Waals surface area contributed by atoms with Crippen LogP contribution in [0.1, 0.15) is 42.9 Å². The van der Waals surface area contributed by atoms with Gasteiger partial charge in [-0.1, -0.05) is 79.9 Å². The van der Waals surface area contributed by atoms with Gasteiger partial charge in [0.05, 0.1) is 0 Å². The Labute approximate surface area is 155 Å². The lowest BCUT2D eigenvalue weighted by Crippen LogP contribution is -1.88. The van der Waals surface area contributed by atoms with E-state index in [-0.39, 0.29) is 0 Å². The molecule has 25 heavy (non-hydrogen) atoms. The number of benzene rings is 3. The van der Waals surface area contributed by atoms with Crippen molar-refractivity contribution in [1.29, 1.82) is 0 Å². The number of halogens is 1. The normalized spacial score (nSPS) is 12.1. The zero-order valence-electron chi connectivity index (χ0n) is 14.7. The minimum absolute atomic E-state index is 0.785. The van der Waals surface area contributed by atoms with Gasteiger partial charge in [-0.2, -0.15) is 0 Å². The van der Waals surface area contributed by atoms with E-state index < -0.39 is 0 Å². The first-order chi connectivity index (χ1) is 12.2. The summed E-state index contributed by atoms with van der Waals surface area (Å²) in [5, 5.41) is 0.785. The summed E-state index contributed by atoms with van der Waals surface area (Å²) in [6, 6.07) is 22.0. The molecule has 0 amide bonds. The van der Waals surface area contributed by atoms with Crippen molar-refractivity contribution in [2.45, 2.75) is 39.0 Å². The third-order valence-electron chi connectivity index (χ3n) is 5.19. The van der Waals surface area contributed by atoms with Crippen molar-refractivity contribution >= 4 is 11.6 Å². The first-order valence-corrected chi connectivity index (χ1v) is 9.63. The van der Waals surface area contributed by atoms with Gasteiger partial charge in [0.1, 0.15) is 0 Å². The smallest absolute Gasteiger partial charge is 0.0406 e. The molecular formula is C24H23Cl. The molecule has 0 spiro atoms. The largest absolute Gasteiger partial charge is 0.0843 e. The lowest BCUT2D eigenvalue weighted by Gasteiger charge is -2.06. The number of fused-ring (bicyclic) bond motifs is 3. The van der Waals surface area contributed by atoms with E-state index in [1.54, 1.807) is 0 Å². The topological polar surface area (TPSA) is 0 Å². The van der Waals surface area contributed by atoms with E-state index in [1.807, 2.05) is 12.1 Å². The van der Waals surface area contributed by atoms with Crippen molar-refractivity contribution in [2.75, 3.05) is 0 Å². The zero-order valence-corrected chi connectivity index (χ0v) is 15.4. The van der Waals surface area contributed by atoms with Crippen LogP contribution >= 0.6 is 11.6 Å². The van der Waals surface area contributed by atoms with Gasteiger partial charge in [0.2, 0.25) is 0 Å². The fourth-order valence-corrected chi connectivity index (χ4v) is 3.95. The quantitative estimate of drug-likeness (QED) is 0.332.